The minimum Gasteiger partial charge on any atom is -0.497 e. The Bertz CT molecular complexity index is 347. The molecule has 1 aliphatic rings. The van der Waals surface area contributed by atoms with Gasteiger partial charge in [-0.15, -0.1) is 0 Å². The highest BCUT2D eigenvalue weighted by Crippen LogP contribution is 2.43. The molecule has 82 valence electrons. The van der Waals surface area contributed by atoms with Crippen molar-refractivity contribution in [3.05, 3.63) is 28.2 Å². The standard InChI is InChI=1S/C12H14Br2O/c1-15-9-4-5-10(12(14)7-9)11(13)6-8-2-3-8/h4-5,7-8,11H,2-3,6H2,1H3. The predicted octanol–water partition coefficient (Wildman–Crippen LogP) is 4.69. The molecule has 1 nitrogen and oxygen atoms in total. The summed E-state index contributed by atoms with van der Waals surface area (Å²) in [7, 11) is 1.69. The average molecular weight is 334 g/mol. The number of alkyl halides is 1. The predicted molar refractivity (Wildman–Crippen MR) is 69.7 cm³/mol. The Morgan fingerprint density at radius 1 is 1.47 bits per heavy atom. The fourth-order valence-electron chi connectivity index (χ4n) is 1.66. The van der Waals surface area contributed by atoms with Crippen LogP contribution < -0.4 is 4.74 Å². The first-order chi connectivity index (χ1) is 7.20. The fraction of sp³-hybridized carbons (Fsp3) is 0.500. The molecule has 1 saturated carbocycles. The van der Waals surface area contributed by atoms with Gasteiger partial charge in [0.2, 0.25) is 0 Å². The summed E-state index contributed by atoms with van der Waals surface area (Å²) in [4.78, 5) is 0.463. The van der Waals surface area contributed by atoms with Crippen molar-refractivity contribution in [1.82, 2.24) is 0 Å². The molecule has 0 aromatic heterocycles. The Labute approximate surface area is 107 Å². The SMILES string of the molecule is COc1ccc(C(Br)CC2CC2)c(Br)c1. The Kier molecular flexibility index (Phi) is 3.73. The zero-order chi connectivity index (χ0) is 10.8. The fourth-order valence-corrected chi connectivity index (χ4v) is 3.53. The molecule has 0 radical (unpaired) electrons. The highest BCUT2D eigenvalue weighted by Gasteiger charge is 2.25. The van der Waals surface area contributed by atoms with Crippen molar-refractivity contribution in [3.8, 4) is 5.75 Å². The van der Waals surface area contributed by atoms with E-state index in [-0.39, 0.29) is 0 Å². The van der Waals surface area contributed by atoms with Gasteiger partial charge in [-0.25, -0.2) is 0 Å². The highest BCUT2D eigenvalue weighted by molar-refractivity contribution is 9.11. The molecule has 1 aromatic rings. The molecule has 1 aromatic carbocycles. The molecule has 1 atom stereocenters. The van der Waals surface area contributed by atoms with E-state index in [9.17, 15) is 0 Å². The van der Waals surface area contributed by atoms with Crippen LogP contribution in [-0.4, -0.2) is 7.11 Å². The molecule has 3 heteroatoms. The molecule has 1 fully saturated rings. The molecule has 1 unspecified atom stereocenters. The molecular formula is C12H14Br2O. The monoisotopic (exact) mass is 332 g/mol. The van der Waals surface area contributed by atoms with Gasteiger partial charge in [0.1, 0.15) is 5.75 Å². The van der Waals surface area contributed by atoms with Crippen molar-refractivity contribution in [2.75, 3.05) is 7.11 Å². The maximum absolute atomic E-state index is 5.18. The van der Waals surface area contributed by atoms with E-state index >= 15 is 0 Å². The summed E-state index contributed by atoms with van der Waals surface area (Å²) in [5.74, 6) is 1.83. The largest absolute Gasteiger partial charge is 0.497 e. The number of rotatable bonds is 4. The zero-order valence-electron chi connectivity index (χ0n) is 8.67. The zero-order valence-corrected chi connectivity index (χ0v) is 11.8. The molecule has 15 heavy (non-hydrogen) atoms. The lowest BCUT2D eigenvalue weighted by Gasteiger charge is -2.12. The van der Waals surface area contributed by atoms with Crippen LogP contribution in [0.2, 0.25) is 0 Å². The average Bonchev–Trinajstić information content (AvgIpc) is 3.01. The number of ether oxygens (including phenoxy) is 1. The number of benzene rings is 1. The van der Waals surface area contributed by atoms with E-state index in [1.165, 1.54) is 24.8 Å². The van der Waals surface area contributed by atoms with Gasteiger partial charge in [0, 0.05) is 9.30 Å². The van der Waals surface area contributed by atoms with E-state index in [4.69, 9.17) is 4.74 Å². The topological polar surface area (TPSA) is 9.23 Å². The third-order valence-electron chi connectivity index (χ3n) is 2.78. The van der Waals surface area contributed by atoms with Crippen LogP contribution in [0.5, 0.6) is 5.75 Å². The minimum atomic E-state index is 0.463. The van der Waals surface area contributed by atoms with Crippen molar-refractivity contribution in [2.24, 2.45) is 5.92 Å². The van der Waals surface area contributed by atoms with Crippen molar-refractivity contribution in [2.45, 2.75) is 24.1 Å². The summed E-state index contributed by atoms with van der Waals surface area (Å²) in [6, 6.07) is 6.17. The van der Waals surface area contributed by atoms with Gasteiger partial charge in [0.25, 0.3) is 0 Å². The van der Waals surface area contributed by atoms with Gasteiger partial charge >= 0.3 is 0 Å². The van der Waals surface area contributed by atoms with Crippen LogP contribution in [0.4, 0.5) is 0 Å². The van der Waals surface area contributed by atoms with Crippen LogP contribution in [-0.2, 0) is 0 Å². The van der Waals surface area contributed by atoms with E-state index in [2.05, 4.69) is 37.9 Å². The van der Waals surface area contributed by atoms with Gasteiger partial charge < -0.3 is 4.74 Å². The van der Waals surface area contributed by atoms with E-state index in [0.29, 0.717) is 4.83 Å². The Hall–Kier alpha value is -0.0200. The van der Waals surface area contributed by atoms with Crippen LogP contribution in [0.3, 0.4) is 0 Å². The van der Waals surface area contributed by atoms with Crippen LogP contribution in [0.15, 0.2) is 22.7 Å². The molecule has 0 aliphatic heterocycles. The smallest absolute Gasteiger partial charge is 0.120 e. The Balaban J connectivity index is 2.11. The molecule has 1 aliphatic carbocycles. The maximum atomic E-state index is 5.18. The van der Waals surface area contributed by atoms with Crippen molar-refractivity contribution >= 4 is 31.9 Å². The number of hydrogen-bond donors (Lipinski definition) is 0. The number of halogens is 2. The van der Waals surface area contributed by atoms with Gasteiger partial charge in [-0.3, -0.25) is 0 Å². The summed E-state index contributed by atoms with van der Waals surface area (Å²) in [5, 5.41) is 0. The second-order valence-electron chi connectivity index (χ2n) is 4.03. The summed E-state index contributed by atoms with van der Waals surface area (Å²) in [6.07, 6.45) is 4.04. The second kappa shape index (κ2) is 4.88. The van der Waals surface area contributed by atoms with Crippen molar-refractivity contribution in [1.29, 1.82) is 0 Å². The minimum absolute atomic E-state index is 0.463. The van der Waals surface area contributed by atoms with Crippen molar-refractivity contribution < 1.29 is 4.74 Å². The first-order valence-electron chi connectivity index (χ1n) is 5.18. The summed E-state index contributed by atoms with van der Waals surface area (Å²) < 4.78 is 6.31. The van der Waals surface area contributed by atoms with E-state index in [1.54, 1.807) is 7.11 Å². The first kappa shape index (κ1) is 11.5. The van der Waals surface area contributed by atoms with Gasteiger partial charge in [-0.1, -0.05) is 50.8 Å². The lowest BCUT2D eigenvalue weighted by Crippen LogP contribution is -1.93. The summed E-state index contributed by atoms with van der Waals surface area (Å²) in [5.41, 5.74) is 1.32. The lowest BCUT2D eigenvalue weighted by molar-refractivity contribution is 0.414. The third-order valence-corrected chi connectivity index (χ3v) is 4.34. The summed E-state index contributed by atoms with van der Waals surface area (Å²) in [6.45, 7) is 0. The van der Waals surface area contributed by atoms with E-state index < -0.39 is 0 Å². The molecule has 0 amide bonds. The van der Waals surface area contributed by atoms with Gasteiger partial charge in [0.15, 0.2) is 0 Å². The molecule has 0 N–H and O–H groups in total. The van der Waals surface area contributed by atoms with Gasteiger partial charge in [-0.05, 0) is 30.0 Å². The highest BCUT2D eigenvalue weighted by atomic mass is 79.9. The van der Waals surface area contributed by atoms with Crippen LogP contribution in [0.25, 0.3) is 0 Å². The molecule has 0 spiro atoms. The van der Waals surface area contributed by atoms with E-state index in [1.807, 2.05) is 12.1 Å². The number of hydrogen-bond acceptors (Lipinski definition) is 1. The molecule has 0 saturated heterocycles. The molecule has 0 bridgehead atoms. The summed E-state index contributed by atoms with van der Waals surface area (Å²) >= 11 is 7.34. The maximum Gasteiger partial charge on any atom is 0.120 e. The molecule has 2 rings (SSSR count). The van der Waals surface area contributed by atoms with Crippen LogP contribution >= 0.6 is 31.9 Å². The van der Waals surface area contributed by atoms with E-state index in [0.717, 1.165) is 16.1 Å². The lowest BCUT2D eigenvalue weighted by atomic mass is 10.1. The number of methoxy groups -OCH3 is 1. The first-order valence-corrected chi connectivity index (χ1v) is 6.89. The van der Waals surface area contributed by atoms with Crippen LogP contribution in [0, 0.1) is 5.92 Å². The molecule has 0 heterocycles. The van der Waals surface area contributed by atoms with Gasteiger partial charge in [-0.2, -0.15) is 0 Å². The molecular weight excluding hydrogens is 320 g/mol. The normalized spacial score (nSPS) is 17.5. The second-order valence-corrected chi connectivity index (χ2v) is 5.99. The Morgan fingerprint density at radius 2 is 2.20 bits per heavy atom. The quantitative estimate of drug-likeness (QED) is 0.726. The van der Waals surface area contributed by atoms with Crippen LogP contribution in [0.1, 0.15) is 29.7 Å². The Morgan fingerprint density at radius 3 is 2.73 bits per heavy atom. The van der Waals surface area contributed by atoms with Crippen molar-refractivity contribution in [3.63, 3.8) is 0 Å². The third kappa shape index (κ3) is 2.97. The van der Waals surface area contributed by atoms with Gasteiger partial charge in [0.05, 0.1) is 7.11 Å².